The molecule has 4 rings (SSSR count). The van der Waals surface area contributed by atoms with E-state index in [1.807, 2.05) is 48.5 Å². The number of hydrogen-bond donors (Lipinski definition) is 2. The molecule has 7 heteroatoms. The predicted octanol–water partition coefficient (Wildman–Crippen LogP) is 4.35. The molecule has 6 nitrogen and oxygen atoms in total. The van der Waals surface area contributed by atoms with Crippen LogP contribution in [0.3, 0.4) is 0 Å². The summed E-state index contributed by atoms with van der Waals surface area (Å²) in [5.74, 6) is 0.206. The summed E-state index contributed by atoms with van der Waals surface area (Å²) in [6.45, 7) is 0.318. The maximum Gasteiger partial charge on any atom is 0.270 e. The lowest BCUT2D eigenvalue weighted by atomic mass is 10.2. The summed E-state index contributed by atoms with van der Waals surface area (Å²) in [6.07, 6.45) is 3.09. The molecule has 0 atom stereocenters. The van der Waals surface area contributed by atoms with Crippen molar-refractivity contribution < 1.29 is 4.79 Å². The van der Waals surface area contributed by atoms with E-state index in [9.17, 15) is 4.79 Å². The van der Waals surface area contributed by atoms with Crippen molar-refractivity contribution in [2.24, 2.45) is 0 Å². The normalized spacial score (nSPS) is 10.6. The van der Waals surface area contributed by atoms with E-state index in [0.29, 0.717) is 17.4 Å². The predicted molar refractivity (Wildman–Crippen MR) is 110 cm³/mol. The van der Waals surface area contributed by atoms with Crippen LogP contribution in [0, 0.1) is 0 Å². The number of hydrogen-bond acceptors (Lipinski definition) is 5. The smallest absolute Gasteiger partial charge is 0.270 e. The molecule has 0 fully saturated rings. The number of nitrogens with one attached hydrogen (secondary N) is 2. The van der Waals surface area contributed by atoms with Crippen LogP contribution in [0.1, 0.15) is 16.1 Å². The summed E-state index contributed by atoms with van der Waals surface area (Å²) in [5, 5.41) is 7.65. The van der Waals surface area contributed by atoms with E-state index < -0.39 is 0 Å². The number of nitrogens with zero attached hydrogens (tertiary/aromatic N) is 3. The highest BCUT2D eigenvalue weighted by atomic mass is 35.5. The first-order valence-electron chi connectivity index (χ1n) is 8.65. The van der Waals surface area contributed by atoms with Crippen molar-refractivity contribution in [2.75, 3.05) is 5.32 Å². The highest BCUT2D eigenvalue weighted by Crippen LogP contribution is 2.23. The van der Waals surface area contributed by atoms with Crippen molar-refractivity contribution in [3.8, 4) is 0 Å². The number of benzene rings is 2. The minimum atomic E-state index is -0.304. The van der Waals surface area contributed by atoms with Gasteiger partial charge in [0.15, 0.2) is 0 Å². The van der Waals surface area contributed by atoms with Gasteiger partial charge in [0.2, 0.25) is 0 Å². The largest absolute Gasteiger partial charge is 0.347 e. The van der Waals surface area contributed by atoms with Crippen molar-refractivity contribution in [2.45, 2.75) is 6.54 Å². The van der Waals surface area contributed by atoms with Crippen LogP contribution in [0.25, 0.3) is 10.9 Å². The van der Waals surface area contributed by atoms with E-state index in [4.69, 9.17) is 11.6 Å². The lowest BCUT2D eigenvalue weighted by Gasteiger charge is -2.10. The molecule has 2 heterocycles. The van der Waals surface area contributed by atoms with Gasteiger partial charge in [-0.3, -0.25) is 9.78 Å². The van der Waals surface area contributed by atoms with Gasteiger partial charge in [0.1, 0.15) is 17.8 Å². The average molecular weight is 390 g/mol. The van der Waals surface area contributed by atoms with Gasteiger partial charge < -0.3 is 10.6 Å². The zero-order chi connectivity index (χ0) is 19.3. The first-order valence-corrected chi connectivity index (χ1v) is 9.03. The monoisotopic (exact) mass is 389 g/mol. The van der Waals surface area contributed by atoms with E-state index in [0.717, 1.165) is 22.2 Å². The fourth-order valence-corrected chi connectivity index (χ4v) is 3.00. The van der Waals surface area contributed by atoms with Gasteiger partial charge >= 0.3 is 0 Å². The summed E-state index contributed by atoms with van der Waals surface area (Å²) in [7, 11) is 0. The van der Waals surface area contributed by atoms with Crippen LogP contribution in [0.15, 0.2) is 73.2 Å². The fourth-order valence-electron chi connectivity index (χ4n) is 2.80. The molecule has 0 unspecified atom stereocenters. The average Bonchev–Trinajstić information content (AvgIpc) is 2.73. The maximum absolute atomic E-state index is 12.5. The number of pyridine rings is 1. The second kappa shape index (κ2) is 8.02. The summed E-state index contributed by atoms with van der Waals surface area (Å²) < 4.78 is 0. The first kappa shape index (κ1) is 17.9. The summed E-state index contributed by atoms with van der Waals surface area (Å²) >= 11 is 6.12. The lowest BCUT2D eigenvalue weighted by Crippen LogP contribution is -2.24. The Labute approximate surface area is 166 Å². The number of rotatable bonds is 5. The summed E-state index contributed by atoms with van der Waals surface area (Å²) in [6, 6.07) is 18.7. The molecule has 28 heavy (non-hydrogen) atoms. The van der Waals surface area contributed by atoms with E-state index in [1.54, 1.807) is 18.3 Å². The molecule has 1 amide bonds. The lowest BCUT2D eigenvalue weighted by molar-refractivity contribution is 0.0946. The molecule has 0 radical (unpaired) electrons. The first-order chi connectivity index (χ1) is 13.7. The molecular weight excluding hydrogens is 374 g/mol. The topological polar surface area (TPSA) is 79.8 Å². The van der Waals surface area contributed by atoms with Gasteiger partial charge in [-0.1, -0.05) is 48.0 Å². The van der Waals surface area contributed by atoms with E-state index in [1.165, 1.54) is 6.33 Å². The Bertz CT molecular complexity index is 1140. The summed E-state index contributed by atoms with van der Waals surface area (Å²) in [4.78, 5) is 25.1. The molecule has 2 N–H and O–H groups in total. The molecule has 2 aromatic carbocycles. The zero-order valence-electron chi connectivity index (χ0n) is 14.8. The Hall–Kier alpha value is -3.51. The van der Waals surface area contributed by atoms with E-state index in [2.05, 4.69) is 25.6 Å². The van der Waals surface area contributed by atoms with Crippen LogP contribution in [0.4, 0.5) is 11.5 Å². The fraction of sp³-hybridized carbons (Fsp3) is 0.0476. The molecule has 4 aromatic rings. The van der Waals surface area contributed by atoms with Crippen LogP contribution in [-0.2, 0) is 6.54 Å². The second-order valence-corrected chi connectivity index (χ2v) is 6.48. The van der Waals surface area contributed by atoms with E-state index in [-0.39, 0.29) is 11.6 Å². The van der Waals surface area contributed by atoms with Gasteiger partial charge in [0.25, 0.3) is 5.91 Å². The number of para-hydroxylation sites is 1. The highest BCUT2D eigenvalue weighted by Gasteiger charge is 2.10. The van der Waals surface area contributed by atoms with Gasteiger partial charge in [-0.2, -0.15) is 0 Å². The van der Waals surface area contributed by atoms with Gasteiger partial charge in [-0.25, -0.2) is 9.97 Å². The van der Waals surface area contributed by atoms with Crippen LogP contribution in [0.2, 0.25) is 5.02 Å². The maximum atomic E-state index is 12.5. The zero-order valence-corrected chi connectivity index (χ0v) is 15.5. The molecule has 0 spiro atoms. The van der Waals surface area contributed by atoms with Gasteiger partial charge in [0, 0.05) is 29.2 Å². The molecular formula is C21H16ClN5O. The van der Waals surface area contributed by atoms with Crippen molar-refractivity contribution in [1.82, 2.24) is 20.3 Å². The van der Waals surface area contributed by atoms with Crippen molar-refractivity contribution in [3.63, 3.8) is 0 Å². The number of carbonyl (C=O) groups is 1. The molecule has 0 bridgehead atoms. The Morgan fingerprint density at radius 3 is 2.71 bits per heavy atom. The quantitative estimate of drug-likeness (QED) is 0.530. The molecule has 0 aliphatic heterocycles. The van der Waals surface area contributed by atoms with E-state index >= 15 is 0 Å². The minimum Gasteiger partial charge on any atom is -0.347 e. The van der Waals surface area contributed by atoms with Crippen molar-refractivity contribution >= 4 is 39.9 Å². The summed E-state index contributed by atoms with van der Waals surface area (Å²) in [5.41, 5.74) is 2.73. The molecule has 0 saturated carbocycles. The standard InChI is InChI=1S/C21H16ClN5O/c22-16-8-2-1-5-15(16)12-24-21(28)18-11-19(26-13-25-18)27-17-9-3-6-14-7-4-10-23-20(14)17/h1-11,13H,12H2,(H,24,28)(H,25,26,27). The third-order valence-electron chi connectivity index (χ3n) is 4.19. The number of aromatic nitrogens is 3. The Morgan fingerprint density at radius 1 is 0.964 bits per heavy atom. The van der Waals surface area contributed by atoms with Crippen molar-refractivity contribution in [3.05, 3.63) is 89.5 Å². The molecule has 2 aromatic heterocycles. The Morgan fingerprint density at radius 2 is 1.82 bits per heavy atom. The van der Waals surface area contributed by atoms with Gasteiger partial charge in [-0.05, 0) is 23.8 Å². The van der Waals surface area contributed by atoms with Crippen LogP contribution in [-0.4, -0.2) is 20.9 Å². The minimum absolute atomic E-state index is 0.262. The molecule has 0 aliphatic carbocycles. The van der Waals surface area contributed by atoms with Crippen LogP contribution < -0.4 is 10.6 Å². The second-order valence-electron chi connectivity index (χ2n) is 6.07. The Kier molecular flexibility index (Phi) is 5.12. The number of carbonyl (C=O) groups excluding carboxylic acids is 1. The number of fused-ring (bicyclic) bond motifs is 1. The highest BCUT2D eigenvalue weighted by molar-refractivity contribution is 6.31. The van der Waals surface area contributed by atoms with Crippen LogP contribution in [0.5, 0.6) is 0 Å². The number of halogens is 1. The van der Waals surface area contributed by atoms with Crippen molar-refractivity contribution in [1.29, 1.82) is 0 Å². The number of amides is 1. The van der Waals surface area contributed by atoms with Crippen LogP contribution >= 0.6 is 11.6 Å². The Balaban J connectivity index is 1.51. The van der Waals surface area contributed by atoms with Gasteiger partial charge in [-0.15, -0.1) is 0 Å². The SMILES string of the molecule is O=C(NCc1ccccc1Cl)c1cc(Nc2cccc3cccnc23)ncn1. The molecule has 0 saturated heterocycles. The third-order valence-corrected chi connectivity index (χ3v) is 4.56. The van der Waals surface area contributed by atoms with Gasteiger partial charge in [0.05, 0.1) is 11.2 Å². The number of anilines is 2. The molecule has 0 aliphatic rings. The molecule has 138 valence electrons. The third kappa shape index (κ3) is 3.92.